The molecule has 0 radical (unpaired) electrons. The van der Waals surface area contributed by atoms with Crippen LogP contribution in [0.15, 0.2) is 6.07 Å². The number of nitrogens with zero attached hydrogens (tertiary/aromatic N) is 3. The minimum atomic E-state index is -0.0823. The Kier molecular flexibility index (Phi) is 3.89. The Labute approximate surface area is 124 Å². The Balaban J connectivity index is 2.07. The van der Waals surface area contributed by atoms with E-state index in [2.05, 4.69) is 41.4 Å². The maximum atomic E-state index is 12.2. The SMILES string of the molecule is Cc1nn(C)c(C)c1CC(=O)Nc1cc(C(C)(C)C)[nH]n1. The molecule has 0 aromatic carbocycles. The zero-order valence-corrected chi connectivity index (χ0v) is 13.5. The van der Waals surface area contributed by atoms with Gasteiger partial charge in [-0.1, -0.05) is 20.8 Å². The number of carbonyl (C=O) groups excluding carboxylic acids is 1. The van der Waals surface area contributed by atoms with Crippen molar-refractivity contribution in [2.45, 2.75) is 46.5 Å². The molecule has 2 heterocycles. The van der Waals surface area contributed by atoms with Crippen molar-refractivity contribution in [3.8, 4) is 0 Å². The van der Waals surface area contributed by atoms with E-state index in [0.717, 1.165) is 22.6 Å². The molecule has 0 bridgehead atoms. The molecule has 0 aliphatic heterocycles. The van der Waals surface area contributed by atoms with Crippen LogP contribution in [0.3, 0.4) is 0 Å². The minimum absolute atomic E-state index is 0.0213. The number of carbonyl (C=O) groups is 1. The van der Waals surface area contributed by atoms with E-state index < -0.39 is 0 Å². The lowest BCUT2D eigenvalue weighted by atomic mass is 9.92. The second-order valence-electron chi connectivity index (χ2n) is 6.41. The van der Waals surface area contributed by atoms with Gasteiger partial charge in [-0.05, 0) is 13.8 Å². The lowest BCUT2D eigenvalue weighted by Gasteiger charge is -2.14. The van der Waals surface area contributed by atoms with Crippen LogP contribution in [-0.4, -0.2) is 25.9 Å². The standard InChI is InChI=1S/C15H23N5O/c1-9-11(10(2)20(6)19-9)7-14(21)16-13-8-12(17-18-13)15(3,4)5/h8H,7H2,1-6H3,(H2,16,17,18,21). The predicted molar refractivity (Wildman–Crippen MR) is 82.3 cm³/mol. The van der Waals surface area contributed by atoms with Crippen molar-refractivity contribution in [1.29, 1.82) is 0 Å². The minimum Gasteiger partial charge on any atom is -0.309 e. The van der Waals surface area contributed by atoms with Gasteiger partial charge in [0.2, 0.25) is 5.91 Å². The monoisotopic (exact) mass is 289 g/mol. The molecule has 2 rings (SSSR count). The van der Waals surface area contributed by atoms with Gasteiger partial charge in [-0.2, -0.15) is 10.2 Å². The number of aromatic amines is 1. The number of anilines is 1. The van der Waals surface area contributed by atoms with Gasteiger partial charge in [0.15, 0.2) is 5.82 Å². The van der Waals surface area contributed by atoms with Crippen molar-refractivity contribution in [3.63, 3.8) is 0 Å². The number of nitrogens with one attached hydrogen (secondary N) is 2. The van der Waals surface area contributed by atoms with Crippen LogP contribution in [0.5, 0.6) is 0 Å². The zero-order valence-electron chi connectivity index (χ0n) is 13.5. The summed E-state index contributed by atoms with van der Waals surface area (Å²) < 4.78 is 1.80. The molecule has 2 N–H and O–H groups in total. The second kappa shape index (κ2) is 5.35. The van der Waals surface area contributed by atoms with E-state index in [4.69, 9.17) is 0 Å². The molecule has 2 aromatic rings. The van der Waals surface area contributed by atoms with Crippen molar-refractivity contribution in [2.75, 3.05) is 5.32 Å². The summed E-state index contributed by atoms with van der Waals surface area (Å²) in [6, 6.07) is 1.88. The van der Waals surface area contributed by atoms with E-state index in [0.29, 0.717) is 12.2 Å². The van der Waals surface area contributed by atoms with Gasteiger partial charge < -0.3 is 5.32 Å². The predicted octanol–water partition coefficient (Wildman–Crippen LogP) is 2.24. The van der Waals surface area contributed by atoms with Crippen molar-refractivity contribution < 1.29 is 4.79 Å². The highest BCUT2D eigenvalue weighted by atomic mass is 16.1. The van der Waals surface area contributed by atoms with E-state index in [-0.39, 0.29) is 11.3 Å². The van der Waals surface area contributed by atoms with Crippen LogP contribution < -0.4 is 5.32 Å². The number of aromatic nitrogens is 4. The van der Waals surface area contributed by atoms with Gasteiger partial charge in [0.05, 0.1) is 12.1 Å². The molecule has 6 nitrogen and oxygen atoms in total. The summed E-state index contributed by atoms with van der Waals surface area (Å²) >= 11 is 0. The number of hydrogen-bond donors (Lipinski definition) is 2. The Morgan fingerprint density at radius 2 is 2.05 bits per heavy atom. The molecular formula is C15H23N5O. The lowest BCUT2D eigenvalue weighted by Crippen LogP contribution is -2.15. The van der Waals surface area contributed by atoms with Crippen molar-refractivity contribution >= 4 is 11.7 Å². The van der Waals surface area contributed by atoms with Crippen molar-refractivity contribution in [1.82, 2.24) is 20.0 Å². The second-order valence-corrected chi connectivity index (χ2v) is 6.41. The summed E-state index contributed by atoms with van der Waals surface area (Å²) in [7, 11) is 1.88. The fourth-order valence-electron chi connectivity index (χ4n) is 2.19. The van der Waals surface area contributed by atoms with Crippen LogP contribution in [-0.2, 0) is 23.7 Å². The van der Waals surface area contributed by atoms with E-state index in [1.807, 2.05) is 27.0 Å². The van der Waals surface area contributed by atoms with Crippen molar-refractivity contribution in [2.24, 2.45) is 7.05 Å². The lowest BCUT2D eigenvalue weighted by molar-refractivity contribution is -0.115. The number of amides is 1. The number of H-pyrrole nitrogens is 1. The maximum Gasteiger partial charge on any atom is 0.230 e. The molecule has 0 atom stereocenters. The van der Waals surface area contributed by atoms with Gasteiger partial charge in [-0.15, -0.1) is 0 Å². The third-order valence-corrected chi connectivity index (χ3v) is 3.65. The zero-order chi connectivity index (χ0) is 15.8. The van der Waals surface area contributed by atoms with Gasteiger partial charge in [-0.25, -0.2) is 0 Å². The summed E-state index contributed by atoms with van der Waals surface area (Å²) in [6.07, 6.45) is 0.309. The smallest absolute Gasteiger partial charge is 0.230 e. The molecule has 0 spiro atoms. The molecule has 0 saturated heterocycles. The largest absolute Gasteiger partial charge is 0.309 e. The first-order valence-corrected chi connectivity index (χ1v) is 7.03. The van der Waals surface area contributed by atoms with E-state index >= 15 is 0 Å². The number of aryl methyl sites for hydroxylation is 2. The van der Waals surface area contributed by atoms with Crippen LogP contribution in [0.2, 0.25) is 0 Å². The molecule has 2 aromatic heterocycles. The van der Waals surface area contributed by atoms with Gasteiger partial charge in [0, 0.05) is 35.5 Å². The highest BCUT2D eigenvalue weighted by molar-refractivity contribution is 5.91. The maximum absolute atomic E-state index is 12.2. The Hall–Kier alpha value is -2.11. The topological polar surface area (TPSA) is 75.6 Å². The summed E-state index contributed by atoms with van der Waals surface area (Å²) in [5, 5.41) is 14.2. The Morgan fingerprint density at radius 3 is 2.52 bits per heavy atom. The van der Waals surface area contributed by atoms with Crippen LogP contribution in [0.4, 0.5) is 5.82 Å². The van der Waals surface area contributed by atoms with E-state index in [1.54, 1.807) is 4.68 Å². The molecule has 0 saturated carbocycles. The van der Waals surface area contributed by atoms with Gasteiger partial charge in [0.1, 0.15) is 0 Å². The number of hydrogen-bond acceptors (Lipinski definition) is 3. The molecule has 0 unspecified atom stereocenters. The van der Waals surface area contributed by atoms with Crippen LogP contribution >= 0.6 is 0 Å². The van der Waals surface area contributed by atoms with Crippen molar-refractivity contribution in [3.05, 3.63) is 28.7 Å². The highest BCUT2D eigenvalue weighted by Crippen LogP contribution is 2.22. The molecule has 0 aliphatic carbocycles. The molecule has 0 fully saturated rings. The average Bonchev–Trinajstić information content (AvgIpc) is 2.90. The molecule has 21 heavy (non-hydrogen) atoms. The normalized spacial score (nSPS) is 11.7. The van der Waals surface area contributed by atoms with Gasteiger partial charge in [0.25, 0.3) is 0 Å². The summed E-state index contributed by atoms with van der Waals surface area (Å²) in [6.45, 7) is 10.2. The fraction of sp³-hybridized carbons (Fsp3) is 0.533. The molecule has 6 heteroatoms. The van der Waals surface area contributed by atoms with Crippen LogP contribution in [0.25, 0.3) is 0 Å². The Morgan fingerprint density at radius 1 is 1.38 bits per heavy atom. The van der Waals surface area contributed by atoms with Gasteiger partial charge >= 0.3 is 0 Å². The first kappa shape index (κ1) is 15.3. The first-order chi connectivity index (χ1) is 9.68. The van der Waals surface area contributed by atoms with Crippen LogP contribution in [0.1, 0.15) is 43.4 Å². The molecule has 1 amide bonds. The third-order valence-electron chi connectivity index (χ3n) is 3.65. The number of rotatable bonds is 3. The van der Waals surface area contributed by atoms with E-state index in [9.17, 15) is 4.79 Å². The average molecular weight is 289 g/mol. The third kappa shape index (κ3) is 3.32. The quantitative estimate of drug-likeness (QED) is 0.910. The fourth-order valence-corrected chi connectivity index (χ4v) is 2.19. The first-order valence-electron chi connectivity index (χ1n) is 7.03. The Bertz CT molecular complexity index is 660. The van der Waals surface area contributed by atoms with Gasteiger partial charge in [-0.3, -0.25) is 14.6 Å². The molecule has 0 aliphatic rings. The summed E-state index contributed by atoms with van der Waals surface area (Å²) in [5.41, 5.74) is 3.85. The van der Waals surface area contributed by atoms with Crippen LogP contribution in [0, 0.1) is 13.8 Å². The summed E-state index contributed by atoms with van der Waals surface area (Å²) in [5.74, 6) is 0.477. The van der Waals surface area contributed by atoms with E-state index in [1.165, 1.54) is 0 Å². The molecular weight excluding hydrogens is 266 g/mol. The highest BCUT2D eigenvalue weighted by Gasteiger charge is 2.18. The summed E-state index contributed by atoms with van der Waals surface area (Å²) in [4.78, 5) is 12.2. The molecule has 114 valence electrons.